The van der Waals surface area contributed by atoms with E-state index < -0.39 is 12.0 Å². The third-order valence-electron chi connectivity index (χ3n) is 5.64. The maximum absolute atomic E-state index is 13.0. The van der Waals surface area contributed by atoms with E-state index in [0.29, 0.717) is 35.4 Å². The summed E-state index contributed by atoms with van der Waals surface area (Å²) in [5.41, 5.74) is 3.37. The summed E-state index contributed by atoms with van der Waals surface area (Å²) in [6, 6.07) is 15.0. The first kappa shape index (κ1) is 24.5. The number of rotatable bonds is 11. The Bertz CT molecular complexity index is 911. The molecule has 0 aromatic heterocycles. The van der Waals surface area contributed by atoms with Crippen molar-refractivity contribution in [1.82, 2.24) is 10.6 Å². The van der Waals surface area contributed by atoms with Crippen molar-refractivity contribution in [2.45, 2.75) is 36.6 Å². The number of carbonyl (C=O) groups excluding carboxylic acids is 1. The molecule has 1 aliphatic heterocycles. The molecule has 4 N–H and O–H groups in total. The minimum atomic E-state index is -1.01. The van der Waals surface area contributed by atoms with Crippen LogP contribution in [0.15, 0.2) is 48.5 Å². The fraction of sp³-hybridized carbons (Fsp3) is 0.417. The SMILES string of the molecule is CSCC[C@H](NC(=O)c1ccc(NC[C@@H]2NCC[C@H]2S)cc1Cc1ccccc1)C(=O)O. The molecule has 0 spiro atoms. The second kappa shape index (κ2) is 12.2. The van der Waals surface area contributed by atoms with Gasteiger partial charge in [-0.15, -0.1) is 0 Å². The van der Waals surface area contributed by atoms with Crippen LogP contribution in [0.3, 0.4) is 0 Å². The normalized spacial score (nSPS) is 18.8. The Morgan fingerprint density at radius 3 is 2.69 bits per heavy atom. The molecule has 3 rings (SSSR count). The van der Waals surface area contributed by atoms with E-state index in [4.69, 9.17) is 0 Å². The molecule has 1 amide bonds. The highest BCUT2D eigenvalue weighted by molar-refractivity contribution is 7.98. The topological polar surface area (TPSA) is 90.5 Å². The summed E-state index contributed by atoms with van der Waals surface area (Å²) < 4.78 is 0. The van der Waals surface area contributed by atoms with E-state index in [0.717, 1.165) is 36.3 Å². The van der Waals surface area contributed by atoms with Crippen molar-refractivity contribution in [2.24, 2.45) is 0 Å². The number of thioether (sulfide) groups is 1. The van der Waals surface area contributed by atoms with Crippen LogP contribution in [0.1, 0.15) is 34.3 Å². The number of carboxylic acids is 1. The highest BCUT2D eigenvalue weighted by Crippen LogP contribution is 2.21. The van der Waals surface area contributed by atoms with E-state index in [-0.39, 0.29) is 5.91 Å². The van der Waals surface area contributed by atoms with E-state index in [1.54, 1.807) is 17.8 Å². The van der Waals surface area contributed by atoms with Crippen LogP contribution in [-0.2, 0) is 11.2 Å². The molecule has 0 radical (unpaired) electrons. The van der Waals surface area contributed by atoms with Crippen LogP contribution in [0.4, 0.5) is 5.69 Å². The monoisotopic (exact) mass is 473 g/mol. The Hall–Kier alpha value is -2.16. The number of nitrogens with one attached hydrogen (secondary N) is 3. The van der Waals surface area contributed by atoms with Crippen LogP contribution in [0, 0.1) is 0 Å². The van der Waals surface area contributed by atoms with Gasteiger partial charge >= 0.3 is 5.97 Å². The number of amides is 1. The predicted molar refractivity (Wildman–Crippen MR) is 135 cm³/mol. The molecule has 32 heavy (non-hydrogen) atoms. The number of anilines is 1. The molecular formula is C24H31N3O3S2. The van der Waals surface area contributed by atoms with Crippen molar-refractivity contribution in [1.29, 1.82) is 0 Å². The molecule has 0 aliphatic carbocycles. The summed E-state index contributed by atoms with van der Waals surface area (Å²) in [7, 11) is 0. The Balaban J connectivity index is 1.79. The van der Waals surface area contributed by atoms with E-state index in [2.05, 4.69) is 28.6 Å². The molecule has 1 saturated heterocycles. The van der Waals surface area contributed by atoms with Gasteiger partial charge < -0.3 is 21.1 Å². The van der Waals surface area contributed by atoms with Crippen molar-refractivity contribution >= 4 is 42.0 Å². The van der Waals surface area contributed by atoms with Crippen molar-refractivity contribution in [2.75, 3.05) is 30.4 Å². The largest absolute Gasteiger partial charge is 0.480 e. The minimum absolute atomic E-state index is 0.298. The molecule has 2 aromatic carbocycles. The Labute approximate surface area is 199 Å². The van der Waals surface area contributed by atoms with Crippen LogP contribution in [0.2, 0.25) is 0 Å². The molecule has 3 atom stereocenters. The smallest absolute Gasteiger partial charge is 0.326 e. The molecule has 0 bridgehead atoms. The van der Waals surface area contributed by atoms with Crippen molar-refractivity contribution in [3.05, 3.63) is 65.2 Å². The van der Waals surface area contributed by atoms with Crippen molar-refractivity contribution < 1.29 is 14.7 Å². The lowest BCUT2D eigenvalue weighted by Crippen LogP contribution is -2.41. The summed E-state index contributed by atoms with van der Waals surface area (Å²) in [5.74, 6) is -0.706. The average molecular weight is 474 g/mol. The van der Waals surface area contributed by atoms with Gasteiger partial charge in [-0.3, -0.25) is 4.79 Å². The second-order valence-corrected chi connectivity index (χ2v) is 9.63. The van der Waals surface area contributed by atoms with Crippen molar-refractivity contribution in [3.63, 3.8) is 0 Å². The highest BCUT2D eigenvalue weighted by atomic mass is 32.2. The van der Waals surface area contributed by atoms with Crippen LogP contribution in [-0.4, -0.2) is 59.4 Å². The first-order chi connectivity index (χ1) is 15.5. The predicted octanol–water partition coefficient (Wildman–Crippen LogP) is 3.29. The van der Waals surface area contributed by atoms with Gasteiger partial charge in [0.25, 0.3) is 5.91 Å². The first-order valence-corrected chi connectivity index (χ1v) is 12.7. The summed E-state index contributed by atoms with van der Waals surface area (Å²) in [5, 5.41) is 19.4. The number of benzene rings is 2. The molecule has 8 heteroatoms. The zero-order valence-electron chi connectivity index (χ0n) is 18.2. The van der Waals surface area contributed by atoms with E-state index in [1.807, 2.05) is 48.7 Å². The van der Waals surface area contributed by atoms with Crippen LogP contribution >= 0.6 is 24.4 Å². The van der Waals surface area contributed by atoms with Gasteiger partial charge in [0.15, 0.2) is 0 Å². The maximum Gasteiger partial charge on any atom is 0.326 e. The number of hydrogen-bond acceptors (Lipinski definition) is 6. The number of hydrogen-bond donors (Lipinski definition) is 5. The van der Waals surface area contributed by atoms with Gasteiger partial charge in [-0.05, 0) is 67.1 Å². The van der Waals surface area contributed by atoms with Gasteiger partial charge in [-0.2, -0.15) is 24.4 Å². The van der Waals surface area contributed by atoms with Gasteiger partial charge in [0.1, 0.15) is 6.04 Å². The van der Waals surface area contributed by atoms with Crippen LogP contribution < -0.4 is 16.0 Å². The lowest BCUT2D eigenvalue weighted by atomic mass is 9.98. The Morgan fingerprint density at radius 1 is 1.25 bits per heavy atom. The van der Waals surface area contributed by atoms with Gasteiger partial charge in [0.2, 0.25) is 0 Å². The lowest BCUT2D eigenvalue weighted by Gasteiger charge is -2.19. The quantitative estimate of drug-likeness (QED) is 0.322. The Morgan fingerprint density at radius 2 is 2.03 bits per heavy atom. The van der Waals surface area contributed by atoms with E-state index in [1.165, 1.54) is 0 Å². The number of carbonyl (C=O) groups is 2. The number of thiol groups is 1. The lowest BCUT2D eigenvalue weighted by molar-refractivity contribution is -0.139. The minimum Gasteiger partial charge on any atom is -0.480 e. The summed E-state index contributed by atoms with van der Waals surface area (Å²) >= 11 is 6.19. The fourth-order valence-electron chi connectivity index (χ4n) is 3.81. The molecule has 1 aliphatic rings. The van der Waals surface area contributed by atoms with E-state index >= 15 is 0 Å². The summed E-state index contributed by atoms with van der Waals surface area (Å²) in [4.78, 5) is 24.6. The first-order valence-electron chi connectivity index (χ1n) is 10.8. The molecular weight excluding hydrogens is 442 g/mol. The number of carboxylic acid groups (broad SMARTS) is 1. The highest BCUT2D eigenvalue weighted by Gasteiger charge is 2.24. The van der Waals surface area contributed by atoms with Crippen molar-refractivity contribution in [3.8, 4) is 0 Å². The van der Waals surface area contributed by atoms with Gasteiger partial charge in [-0.1, -0.05) is 30.3 Å². The van der Waals surface area contributed by atoms with Gasteiger partial charge in [0.05, 0.1) is 0 Å². The van der Waals surface area contributed by atoms with Crippen LogP contribution in [0.25, 0.3) is 0 Å². The third kappa shape index (κ3) is 6.92. The molecule has 6 nitrogen and oxygen atoms in total. The molecule has 0 saturated carbocycles. The van der Waals surface area contributed by atoms with Gasteiger partial charge in [-0.25, -0.2) is 4.79 Å². The summed E-state index contributed by atoms with van der Waals surface area (Å²) in [6.07, 6.45) is 3.93. The Kier molecular flexibility index (Phi) is 9.32. The standard InChI is InChI=1S/C24H31N3O3S2/c1-32-12-10-20(24(29)30)27-23(28)19-8-7-18(26-15-21-22(31)9-11-25-21)14-17(19)13-16-5-3-2-4-6-16/h2-8,14,20-22,25-26,31H,9-13,15H2,1H3,(H,27,28)(H,29,30)/t20-,21-,22+/m0/s1. The molecule has 0 unspecified atom stereocenters. The summed E-state index contributed by atoms with van der Waals surface area (Å²) in [6.45, 7) is 1.72. The maximum atomic E-state index is 13.0. The molecule has 1 fully saturated rings. The van der Waals surface area contributed by atoms with E-state index in [9.17, 15) is 14.7 Å². The van der Waals surface area contributed by atoms with Gasteiger partial charge in [0, 0.05) is 29.1 Å². The number of aliphatic carboxylic acids is 1. The van der Waals surface area contributed by atoms with Crippen LogP contribution in [0.5, 0.6) is 0 Å². The zero-order valence-corrected chi connectivity index (χ0v) is 19.9. The zero-order chi connectivity index (χ0) is 22.9. The third-order valence-corrected chi connectivity index (χ3v) is 6.90. The molecule has 2 aromatic rings. The molecule has 1 heterocycles. The fourth-order valence-corrected chi connectivity index (χ4v) is 4.62. The second-order valence-electron chi connectivity index (χ2n) is 7.98. The molecule has 172 valence electrons. The average Bonchev–Trinajstić information content (AvgIpc) is 3.20.